The Morgan fingerprint density at radius 2 is 1.91 bits per heavy atom. The summed E-state index contributed by atoms with van der Waals surface area (Å²) in [6.45, 7) is 0.638. The Hall–Kier alpha value is -3.55. The normalized spacial score (nSPS) is 17.3. The van der Waals surface area contributed by atoms with Gasteiger partial charge in [0.2, 0.25) is 11.8 Å². The van der Waals surface area contributed by atoms with Crippen LogP contribution in [0.3, 0.4) is 0 Å². The molecule has 1 N–H and O–H groups in total. The number of ether oxygens (including phenoxy) is 1. The van der Waals surface area contributed by atoms with Crippen LogP contribution in [0.2, 0.25) is 0 Å². The van der Waals surface area contributed by atoms with Crippen LogP contribution >= 0.6 is 0 Å². The lowest BCUT2D eigenvalue weighted by atomic mass is 9.95. The number of benzene rings is 2. The Labute approximate surface area is 187 Å². The first kappa shape index (κ1) is 21.7. The van der Waals surface area contributed by atoms with Gasteiger partial charge in [0, 0.05) is 26.2 Å². The highest BCUT2D eigenvalue weighted by molar-refractivity contribution is 6.11. The summed E-state index contributed by atoms with van der Waals surface area (Å²) in [5.74, 6) is -0.0489. The molecule has 0 unspecified atom stereocenters. The molecule has 1 fully saturated rings. The van der Waals surface area contributed by atoms with E-state index in [4.69, 9.17) is 4.74 Å². The molecule has 0 saturated carbocycles. The molecule has 2 aromatic rings. The van der Waals surface area contributed by atoms with Crippen molar-refractivity contribution in [2.45, 2.75) is 25.3 Å². The van der Waals surface area contributed by atoms with Gasteiger partial charge in [-0.05, 0) is 49.6 Å². The summed E-state index contributed by atoms with van der Waals surface area (Å²) in [5.41, 5.74) is 2.50. The van der Waals surface area contributed by atoms with Crippen molar-refractivity contribution in [2.75, 3.05) is 49.4 Å². The number of anilines is 3. The van der Waals surface area contributed by atoms with Crippen molar-refractivity contribution in [1.29, 1.82) is 0 Å². The topological polar surface area (TPSA) is 82.2 Å². The molecule has 4 rings (SSSR count). The minimum Gasteiger partial charge on any atom is -0.495 e. The van der Waals surface area contributed by atoms with E-state index >= 15 is 0 Å². The number of amides is 3. The molecule has 32 heavy (non-hydrogen) atoms. The second kappa shape index (κ2) is 8.90. The molecule has 2 aliphatic rings. The van der Waals surface area contributed by atoms with Crippen molar-refractivity contribution in [3.63, 3.8) is 0 Å². The lowest BCUT2D eigenvalue weighted by Gasteiger charge is -2.45. The van der Waals surface area contributed by atoms with Crippen molar-refractivity contribution < 1.29 is 19.1 Å². The van der Waals surface area contributed by atoms with E-state index in [0.717, 1.165) is 31.5 Å². The molecule has 1 atom stereocenters. The molecule has 2 aromatic carbocycles. The molecule has 168 valence electrons. The van der Waals surface area contributed by atoms with Crippen LogP contribution in [-0.4, -0.2) is 63.0 Å². The first-order chi connectivity index (χ1) is 15.4. The number of carbonyl (C=O) groups excluding carboxylic acids is 3. The summed E-state index contributed by atoms with van der Waals surface area (Å²) in [5, 5.41) is 2.84. The molecule has 3 amide bonds. The lowest BCUT2D eigenvalue weighted by Crippen LogP contribution is -2.56. The van der Waals surface area contributed by atoms with Crippen molar-refractivity contribution in [2.24, 2.45) is 0 Å². The van der Waals surface area contributed by atoms with Gasteiger partial charge in [0.25, 0.3) is 5.91 Å². The Morgan fingerprint density at radius 3 is 2.66 bits per heavy atom. The van der Waals surface area contributed by atoms with Crippen LogP contribution in [0.5, 0.6) is 5.75 Å². The summed E-state index contributed by atoms with van der Waals surface area (Å²) in [6.07, 6.45) is 2.73. The van der Waals surface area contributed by atoms with Gasteiger partial charge < -0.3 is 19.9 Å². The van der Waals surface area contributed by atoms with Crippen molar-refractivity contribution in [3.8, 4) is 5.75 Å². The summed E-state index contributed by atoms with van der Waals surface area (Å²) in [6, 6.07) is 12.2. The fourth-order valence-electron chi connectivity index (χ4n) is 4.39. The van der Waals surface area contributed by atoms with Gasteiger partial charge in [0.1, 0.15) is 18.3 Å². The summed E-state index contributed by atoms with van der Waals surface area (Å²) in [7, 11) is 4.91. The van der Waals surface area contributed by atoms with Gasteiger partial charge in [-0.15, -0.1) is 0 Å². The van der Waals surface area contributed by atoms with Gasteiger partial charge in [0.15, 0.2) is 0 Å². The molecule has 2 aliphatic heterocycles. The van der Waals surface area contributed by atoms with Crippen molar-refractivity contribution in [3.05, 3.63) is 48.0 Å². The number of fused-ring (bicyclic) bond motifs is 3. The van der Waals surface area contributed by atoms with E-state index in [1.165, 1.54) is 16.9 Å². The highest BCUT2D eigenvalue weighted by Crippen LogP contribution is 2.40. The van der Waals surface area contributed by atoms with Crippen LogP contribution in [-0.2, 0) is 9.59 Å². The van der Waals surface area contributed by atoms with E-state index in [2.05, 4.69) is 10.2 Å². The van der Waals surface area contributed by atoms with Gasteiger partial charge in [-0.2, -0.15) is 0 Å². The van der Waals surface area contributed by atoms with Crippen LogP contribution in [0.4, 0.5) is 17.1 Å². The Bertz CT molecular complexity index is 1050. The number of methoxy groups -OCH3 is 1. The molecule has 8 nitrogen and oxygen atoms in total. The number of nitrogens with zero attached hydrogens (tertiary/aromatic N) is 3. The van der Waals surface area contributed by atoms with Gasteiger partial charge in [-0.25, -0.2) is 0 Å². The van der Waals surface area contributed by atoms with Crippen LogP contribution < -0.4 is 19.9 Å². The fraction of sp³-hybridized carbons (Fsp3) is 0.375. The minimum absolute atomic E-state index is 0.109. The zero-order chi connectivity index (χ0) is 22.8. The third-order valence-corrected chi connectivity index (χ3v) is 5.97. The molecular weight excluding hydrogens is 408 g/mol. The van der Waals surface area contributed by atoms with Crippen LogP contribution in [0, 0.1) is 0 Å². The zero-order valence-corrected chi connectivity index (χ0v) is 18.6. The van der Waals surface area contributed by atoms with E-state index in [1.807, 2.05) is 12.1 Å². The maximum Gasteiger partial charge on any atom is 0.253 e. The molecule has 2 heterocycles. The summed E-state index contributed by atoms with van der Waals surface area (Å²) < 4.78 is 5.30. The van der Waals surface area contributed by atoms with Crippen LogP contribution in [0.1, 0.15) is 29.6 Å². The predicted octanol–water partition coefficient (Wildman–Crippen LogP) is 2.74. The van der Waals surface area contributed by atoms with E-state index in [-0.39, 0.29) is 30.3 Å². The number of para-hydroxylation sites is 2. The van der Waals surface area contributed by atoms with Crippen molar-refractivity contribution in [1.82, 2.24) is 4.90 Å². The first-order valence-electron chi connectivity index (χ1n) is 10.8. The second-order valence-electron chi connectivity index (χ2n) is 8.28. The van der Waals surface area contributed by atoms with Crippen LogP contribution in [0.15, 0.2) is 42.5 Å². The molecule has 0 aromatic heterocycles. The SMILES string of the molecule is COc1ccccc1NC(=O)CN1C(=O)[C@H]2CCCCN2c2ccc(C(=O)N(C)C)cc21. The maximum atomic E-state index is 13.4. The lowest BCUT2D eigenvalue weighted by molar-refractivity contribution is -0.123. The summed E-state index contributed by atoms with van der Waals surface area (Å²) >= 11 is 0. The zero-order valence-electron chi connectivity index (χ0n) is 18.6. The Kier molecular flexibility index (Phi) is 6.03. The van der Waals surface area contributed by atoms with E-state index in [1.54, 1.807) is 44.4 Å². The summed E-state index contributed by atoms with van der Waals surface area (Å²) in [4.78, 5) is 44.0. The minimum atomic E-state index is -0.331. The third kappa shape index (κ3) is 4.00. The van der Waals surface area contributed by atoms with E-state index < -0.39 is 0 Å². The monoisotopic (exact) mass is 436 g/mol. The van der Waals surface area contributed by atoms with Crippen LogP contribution in [0.25, 0.3) is 0 Å². The van der Waals surface area contributed by atoms with Crippen molar-refractivity contribution >= 4 is 34.8 Å². The third-order valence-electron chi connectivity index (χ3n) is 5.97. The average molecular weight is 437 g/mol. The predicted molar refractivity (Wildman–Crippen MR) is 123 cm³/mol. The molecule has 0 bridgehead atoms. The molecule has 0 radical (unpaired) electrons. The van der Waals surface area contributed by atoms with Gasteiger partial charge in [-0.1, -0.05) is 12.1 Å². The Balaban J connectivity index is 1.67. The van der Waals surface area contributed by atoms with Gasteiger partial charge in [-0.3, -0.25) is 19.3 Å². The quantitative estimate of drug-likeness (QED) is 0.780. The fourth-order valence-corrected chi connectivity index (χ4v) is 4.39. The number of hydrogen-bond donors (Lipinski definition) is 1. The standard InChI is InChI=1S/C24H28N4O4/c1-26(2)23(30)16-11-12-18-20(14-16)28(24(31)19-9-6-7-13-27(18)19)15-22(29)25-17-8-4-5-10-21(17)32-3/h4-5,8,10-12,14,19H,6-7,9,13,15H2,1-3H3,(H,25,29)/t19-/m1/s1. The molecule has 0 spiro atoms. The molecular formula is C24H28N4O4. The number of rotatable bonds is 5. The van der Waals surface area contributed by atoms with Gasteiger partial charge >= 0.3 is 0 Å². The number of piperidine rings is 1. The van der Waals surface area contributed by atoms with E-state index in [9.17, 15) is 14.4 Å². The average Bonchev–Trinajstić information content (AvgIpc) is 2.81. The number of nitrogens with one attached hydrogen (secondary N) is 1. The largest absolute Gasteiger partial charge is 0.495 e. The smallest absolute Gasteiger partial charge is 0.253 e. The highest BCUT2D eigenvalue weighted by atomic mass is 16.5. The molecule has 1 saturated heterocycles. The second-order valence-corrected chi connectivity index (χ2v) is 8.28. The first-order valence-corrected chi connectivity index (χ1v) is 10.8. The highest BCUT2D eigenvalue weighted by Gasteiger charge is 2.40. The Morgan fingerprint density at radius 1 is 1.12 bits per heavy atom. The number of carbonyl (C=O) groups is 3. The number of hydrogen-bond acceptors (Lipinski definition) is 5. The van der Waals surface area contributed by atoms with E-state index in [0.29, 0.717) is 22.7 Å². The molecule has 0 aliphatic carbocycles. The molecule has 8 heteroatoms. The maximum absolute atomic E-state index is 13.4. The van der Waals surface area contributed by atoms with Gasteiger partial charge in [0.05, 0.1) is 24.2 Å².